The first kappa shape index (κ1) is 56.7. The van der Waals surface area contributed by atoms with Gasteiger partial charge in [0.2, 0.25) is 5.91 Å². The molecule has 0 bridgehead atoms. The van der Waals surface area contributed by atoms with Gasteiger partial charge in [-0.15, -0.1) is 0 Å². The molecule has 0 aromatic carbocycles. The normalized spacial score (nSPS) is 14.5. The molecule has 3 unspecified atom stereocenters. The lowest BCUT2D eigenvalue weighted by atomic mass is 10.0. The molecular formula is C49H96N2O6P+. The van der Waals surface area contributed by atoms with Gasteiger partial charge in [-0.1, -0.05) is 198 Å². The second-order valence-corrected chi connectivity index (χ2v) is 19.3. The molecular weight excluding hydrogens is 744 g/mol. The van der Waals surface area contributed by atoms with Gasteiger partial charge in [0.25, 0.3) is 0 Å². The van der Waals surface area contributed by atoms with Crippen LogP contribution in [0.5, 0.6) is 0 Å². The van der Waals surface area contributed by atoms with Crippen LogP contribution in [0.3, 0.4) is 0 Å². The molecule has 0 rings (SSSR count). The fraction of sp³-hybridized carbons (Fsp3) is 0.857. The Labute approximate surface area is 359 Å². The zero-order valence-corrected chi connectivity index (χ0v) is 39.7. The zero-order valence-electron chi connectivity index (χ0n) is 38.8. The average molecular weight is 840 g/mol. The van der Waals surface area contributed by atoms with Gasteiger partial charge in [-0.3, -0.25) is 13.8 Å². The van der Waals surface area contributed by atoms with Crippen molar-refractivity contribution in [2.45, 2.75) is 231 Å². The zero-order chi connectivity index (χ0) is 42.8. The molecule has 8 nitrogen and oxygen atoms in total. The number of nitrogens with zero attached hydrogens (tertiary/aromatic N) is 1. The van der Waals surface area contributed by atoms with Gasteiger partial charge in [0, 0.05) is 6.42 Å². The number of likely N-dealkylation sites (N-methyl/N-ethyl adjacent to an activating group) is 1. The highest BCUT2D eigenvalue weighted by atomic mass is 31.2. The second-order valence-electron chi connectivity index (χ2n) is 17.8. The fourth-order valence-corrected chi connectivity index (χ4v) is 7.73. The first-order valence-electron chi connectivity index (χ1n) is 24.4. The van der Waals surface area contributed by atoms with Gasteiger partial charge in [0.05, 0.1) is 39.9 Å². The minimum atomic E-state index is -4.32. The minimum absolute atomic E-state index is 0.0726. The van der Waals surface area contributed by atoms with Crippen molar-refractivity contribution in [3.05, 3.63) is 36.5 Å². The van der Waals surface area contributed by atoms with E-state index in [0.717, 1.165) is 57.8 Å². The summed E-state index contributed by atoms with van der Waals surface area (Å²) < 4.78 is 23.7. The number of quaternary nitrogens is 1. The molecule has 342 valence electrons. The van der Waals surface area contributed by atoms with Gasteiger partial charge < -0.3 is 19.8 Å². The summed E-state index contributed by atoms with van der Waals surface area (Å²) in [7, 11) is 1.61. The van der Waals surface area contributed by atoms with Gasteiger partial charge in [-0.25, -0.2) is 4.57 Å². The third kappa shape index (κ3) is 42.8. The number of carbonyl (C=O) groups excluding carboxylic acids is 1. The van der Waals surface area contributed by atoms with Crippen molar-refractivity contribution in [3.63, 3.8) is 0 Å². The third-order valence-corrected chi connectivity index (χ3v) is 11.9. The van der Waals surface area contributed by atoms with E-state index in [9.17, 15) is 19.4 Å². The molecule has 3 N–H and O–H groups in total. The molecule has 0 aliphatic carbocycles. The maximum Gasteiger partial charge on any atom is 0.472 e. The van der Waals surface area contributed by atoms with E-state index in [-0.39, 0.29) is 19.1 Å². The van der Waals surface area contributed by atoms with E-state index >= 15 is 0 Å². The Morgan fingerprint density at radius 3 is 1.43 bits per heavy atom. The largest absolute Gasteiger partial charge is 0.472 e. The molecule has 0 radical (unpaired) electrons. The first-order chi connectivity index (χ1) is 28.0. The number of hydrogen-bond acceptors (Lipinski definition) is 5. The van der Waals surface area contributed by atoms with E-state index in [1.165, 1.54) is 135 Å². The molecule has 0 saturated carbocycles. The van der Waals surface area contributed by atoms with Crippen LogP contribution in [0, 0.1) is 0 Å². The molecule has 0 spiro atoms. The van der Waals surface area contributed by atoms with Crippen molar-refractivity contribution in [2.24, 2.45) is 0 Å². The van der Waals surface area contributed by atoms with Gasteiger partial charge >= 0.3 is 7.82 Å². The number of unbranched alkanes of at least 4 members (excludes halogenated alkanes) is 25. The molecule has 0 aliphatic heterocycles. The van der Waals surface area contributed by atoms with E-state index in [4.69, 9.17) is 9.05 Å². The van der Waals surface area contributed by atoms with Crippen molar-refractivity contribution in [1.29, 1.82) is 0 Å². The highest BCUT2D eigenvalue weighted by Gasteiger charge is 2.28. The van der Waals surface area contributed by atoms with Crippen molar-refractivity contribution in [1.82, 2.24) is 5.32 Å². The first-order valence-corrected chi connectivity index (χ1v) is 25.8. The summed E-state index contributed by atoms with van der Waals surface area (Å²) >= 11 is 0. The van der Waals surface area contributed by atoms with Crippen molar-refractivity contribution in [3.8, 4) is 0 Å². The Balaban J connectivity index is 4.27. The number of amides is 1. The number of phosphoric ester groups is 1. The highest BCUT2D eigenvalue weighted by Crippen LogP contribution is 2.43. The quantitative estimate of drug-likeness (QED) is 0.0244. The van der Waals surface area contributed by atoms with Crippen molar-refractivity contribution < 1.29 is 32.9 Å². The van der Waals surface area contributed by atoms with Crippen LogP contribution in [0.4, 0.5) is 0 Å². The predicted octanol–water partition coefficient (Wildman–Crippen LogP) is 13.9. The molecule has 1 amide bonds. The van der Waals surface area contributed by atoms with Crippen LogP contribution in [0.25, 0.3) is 0 Å². The van der Waals surface area contributed by atoms with Gasteiger partial charge in [0.15, 0.2) is 0 Å². The highest BCUT2D eigenvalue weighted by molar-refractivity contribution is 7.47. The summed E-state index contributed by atoms with van der Waals surface area (Å²) in [5.41, 5.74) is 0. The Hall–Kier alpha value is -1.28. The third-order valence-electron chi connectivity index (χ3n) is 10.9. The molecule has 0 saturated heterocycles. The number of hydrogen-bond donors (Lipinski definition) is 3. The van der Waals surface area contributed by atoms with Crippen LogP contribution >= 0.6 is 7.82 Å². The molecule has 0 fully saturated rings. The number of aliphatic hydroxyl groups excluding tert-OH is 1. The molecule has 0 aliphatic rings. The molecule has 3 atom stereocenters. The maximum atomic E-state index is 12.9. The van der Waals surface area contributed by atoms with Crippen LogP contribution in [-0.2, 0) is 18.4 Å². The van der Waals surface area contributed by atoms with E-state index in [0.29, 0.717) is 23.9 Å². The predicted molar refractivity (Wildman–Crippen MR) is 249 cm³/mol. The second kappa shape index (κ2) is 41.1. The lowest BCUT2D eigenvalue weighted by molar-refractivity contribution is -0.870. The minimum Gasteiger partial charge on any atom is -0.391 e. The maximum absolute atomic E-state index is 12.9. The number of nitrogens with one attached hydrogen (secondary N) is 1. The smallest absolute Gasteiger partial charge is 0.391 e. The van der Waals surface area contributed by atoms with E-state index in [1.807, 2.05) is 21.1 Å². The van der Waals surface area contributed by atoms with Crippen molar-refractivity contribution in [2.75, 3.05) is 40.9 Å². The van der Waals surface area contributed by atoms with E-state index in [1.54, 1.807) is 0 Å². The van der Waals surface area contributed by atoms with Crippen LogP contribution < -0.4 is 5.32 Å². The van der Waals surface area contributed by atoms with Gasteiger partial charge in [-0.2, -0.15) is 0 Å². The summed E-state index contributed by atoms with van der Waals surface area (Å²) in [6.45, 7) is 4.87. The molecule has 0 heterocycles. The Morgan fingerprint density at radius 1 is 0.586 bits per heavy atom. The van der Waals surface area contributed by atoms with E-state index in [2.05, 4.69) is 55.6 Å². The molecule has 0 aromatic rings. The SMILES string of the molecule is CCCCCCC/C=C\C/C=C\C/C=C\CCCCCCCCCCC(=O)NC(COP(=O)(O)OCC[N+](C)(C)C)C(O)CCCCCCCCCCCCCCC. The Bertz CT molecular complexity index is 1040. The number of carbonyl (C=O) groups is 1. The lowest BCUT2D eigenvalue weighted by Crippen LogP contribution is -2.46. The molecule has 58 heavy (non-hydrogen) atoms. The average Bonchev–Trinajstić information content (AvgIpc) is 3.17. The van der Waals surface area contributed by atoms with Gasteiger partial charge in [0.1, 0.15) is 13.2 Å². The summed E-state index contributed by atoms with van der Waals surface area (Å²) in [6.07, 6.45) is 50.3. The Morgan fingerprint density at radius 2 is 0.983 bits per heavy atom. The van der Waals surface area contributed by atoms with Crippen molar-refractivity contribution >= 4 is 13.7 Å². The molecule has 9 heteroatoms. The summed E-state index contributed by atoms with van der Waals surface area (Å²) in [6, 6.07) is -0.763. The monoisotopic (exact) mass is 840 g/mol. The number of aliphatic hydroxyl groups is 1. The van der Waals surface area contributed by atoms with E-state index < -0.39 is 20.0 Å². The van der Waals surface area contributed by atoms with Crippen LogP contribution in [-0.4, -0.2) is 73.4 Å². The van der Waals surface area contributed by atoms with Crippen LogP contribution in [0.1, 0.15) is 219 Å². The summed E-state index contributed by atoms with van der Waals surface area (Å²) in [5.74, 6) is -0.152. The lowest BCUT2D eigenvalue weighted by Gasteiger charge is -2.26. The Kier molecular flexibility index (Phi) is 40.2. The number of phosphoric acid groups is 1. The van der Waals surface area contributed by atoms with Crippen LogP contribution in [0.2, 0.25) is 0 Å². The van der Waals surface area contributed by atoms with Gasteiger partial charge in [-0.05, 0) is 51.4 Å². The molecule has 0 aromatic heterocycles. The summed E-state index contributed by atoms with van der Waals surface area (Å²) in [5, 5.41) is 14.0. The standard InChI is InChI=1S/C49H95N2O6P/c1-6-8-10-12-14-16-18-20-21-22-23-24-25-26-27-28-29-31-33-35-37-39-41-43-49(53)50-47(46-57-58(54,55)56-45-44-51(3,4)5)48(52)42-40-38-36-34-32-30-19-17-15-13-11-9-7-2/h18,20,22-23,25-26,47-48,52H,6-17,19,21,24,27-46H2,1-5H3,(H-,50,53,54,55)/p+1/b20-18-,23-22-,26-25-. The fourth-order valence-electron chi connectivity index (χ4n) is 6.99. The number of allylic oxidation sites excluding steroid dienone is 6. The number of rotatable bonds is 44. The summed E-state index contributed by atoms with van der Waals surface area (Å²) in [4.78, 5) is 23.2. The topological polar surface area (TPSA) is 105 Å². The van der Waals surface area contributed by atoms with Crippen LogP contribution in [0.15, 0.2) is 36.5 Å².